The molecule has 1 N–H and O–H groups in total. The standard InChI is InChI=1S/C15H32N4/c1-13-7-16-8-14(2)10-19(9-13)12-15-11-17(3)5-6-18(15)4/h13-16H,5-12H2,1-4H3. The van der Waals surface area contributed by atoms with Crippen LogP contribution in [0.1, 0.15) is 13.8 Å². The molecule has 0 bridgehead atoms. The van der Waals surface area contributed by atoms with E-state index in [1.165, 1.54) is 52.4 Å². The van der Waals surface area contributed by atoms with E-state index in [0.717, 1.165) is 11.8 Å². The monoisotopic (exact) mass is 268 g/mol. The van der Waals surface area contributed by atoms with Crippen LogP contribution in [-0.4, -0.2) is 87.2 Å². The van der Waals surface area contributed by atoms with Crippen LogP contribution in [0.4, 0.5) is 0 Å². The Morgan fingerprint density at radius 3 is 2.21 bits per heavy atom. The van der Waals surface area contributed by atoms with Gasteiger partial charge in [-0.2, -0.15) is 0 Å². The highest BCUT2D eigenvalue weighted by molar-refractivity contribution is 4.83. The van der Waals surface area contributed by atoms with Gasteiger partial charge in [0.15, 0.2) is 0 Å². The Bertz CT molecular complexity index is 259. The summed E-state index contributed by atoms with van der Waals surface area (Å²) in [6.45, 7) is 14.4. The Balaban J connectivity index is 1.90. The molecule has 2 saturated heterocycles. The molecule has 2 aliphatic rings. The average Bonchev–Trinajstić information content (AvgIpc) is 2.31. The van der Waals surface area contributed by atoms with Gasteiger partial charge in [-0.15, -0.1) is 0 Å². The first-order valence-corrected chi connectivity index (χ1v) is 7.86. The highest BCUT2D eigenvalue weighted by Crippen LogP contribution is 2.12. The summed E-state index contributed by atoms with van der Waals surface area (Å²) in [6.07, 6.45) is 0. The maximum absolute atomic E-state index is 3.58. The number of piperazine rings is 1. The Hall–Kier alpha value is -0.160. The molecule has 2 fully saturated rings. The maximum atomic E-state index is 3.58. The van der Waals surface area contributed by atoms with E-state index in [0.29, 0.717) is 6.04 Å². The van der Waals surface area contributed by atoms with Crippen LogP contribution in [0, 0.1) is 11.8 Å². The van der Waals surface area contributed by atoms with Crippen molar-refractivity contribution in [3.63, 3.8) is 0 Å². The van der Waals surface area contributed by atoms with E-state index in [2.05, 4.69) is 48.0 Å². The SMILES string of the molecule is CC1CNCC(C)CN(CC2CN(C)CCN2C)C1. The van der Waals surface area contributed by atoms with Crippen LogP contribution >= 0.6 is 0 Å². The Morgan fingerprint density at radius 1 is 0.947 bits per heavy atom. The molecule has 0 amide bonds. The Morgan fingerprint density at radius 2 is 1.58 bits per heavy atom. The van der Waals surface area contributed by atoms with Gasteiger partial charge in [-0.25, -0.2) is 0 Å². The van der Waals surface area contributed by atoms with Gasteiger partial charge < -0.3 is 15.1 Å². The van der Waals surface area contributed by atoms with E-state index in [9.17, 15) is 0 Å². The Kier molecular flexibility index (Phi) is 5.63. The van der Waals surface area contributed by atoms with Gasteiger partial charge in [0.1, 0.15) is 0 Å². The third kappa shape index (κ3) is 4.71. The molecule has 3 unspecified atom stereocenters. The summed E-state index contributed by atoms with van der Waals surface area (Å²) in [5, 5.41) is 3.58. The van der Waals surface area contributed by atoms with Gasteiger partial charge in [0.05, 0.1) is 0 Å². The summed E-state index contributed by atoms with van der Waals surface area (Å²) < 4.78 is 0. The minimum Gasteiger partial charge on any atom is -0.316 e. The van der Waals surface area contributed by atoms with E-state index in [1.807, 2.05) is 0 Å². The molecule has 2 heterocycles. The van der Waals surface area contributed by atoms with Crippen molar-refractivity contribution in [2.45, 2.75) is 19.9 Å². The zero-order chi connectivity index (χ0) is 13.8. The van der Waals surface area contributed by atoms with Crippen molar-refractivity contribution in [2.75, 3.05) is 66.5 Å². The second kappa shape index (κ2) is 7.02. The lowest BCUT2D eigenvalue weighted by Crippen LogP contribution is -2.56. The fourth-order valence-electron chi connectivity index (χ4n) is 3.41. The molecule has 4 nitrogen and oxygen atoms in total. The van der Waals surface area contributed by atoms with Crippen LogP contribution in [0.25, 0.3) is 0 Å². The zero-order valence-electron chi connectivity index (χ0n) is 13.2. The van der Waals surface area contributed by atoms with Gasteiger partial charge in [-0.1, -0.05) is 13.8 Å². The van der Waals surface area contributed by atoms with Crippen LogP contribution in [0.15, 0.2) is 0 Å². The van der Waals surface area contributed by atoms with E-state index >= 15 is 0 Å². The summed E-state index contributed by atoms with van der Waals surface area (Å²) >= 11 is 0. The second-order valence-electron chi connectivity index (χ2n) is 6.98. The lowest BCUT2D eigenvalue weighted by atomic mass is 10.0. The van der Waals surface area contributed by atoms with E-state index < -0.39 is 0 Å². The maximum Gasteiger partial charge on any atom is 0.0347 e. The number of likely N-dealkylation sites (N-methyl/N-ethyl adjacent to an activating group) is 2. The predicted molar refractivity (Wildman–Crippen MR) is 81.6 cm³/mol. The molecule has 0 radical (unpaired) electrons. The van der Waals surface area contributed by atoms with Crippen LogP contribution in [0.5, 0.6) is 0 Å². The molecular formula is C15H32N4. The molecule has 0 aromatic rings. The largest absolute Gasteiger partial charge is 0.316 e. The van der Waals surface area contributed by atoms with Crippen molar-refractivity contribution in [1.82, 2.24) is 20.0 Å². The van der Waals surface area contributed by atoms with Gasteiger partial charge in [0.2, 0.25) is 0 Å². The van der Waals surface area contributed by atoms with Gasteiger partial charge in [0, 0.05) is 45.3 Å². The molecule has 3 atom stereocenters. The third-order valence-corrected chi connectivity index (χ3v) is 4.57. The van der Waals surface area contributed by atoms with Crippen molar-refractivity contribution in [2.24, 2.45) is 11.8 Å². The summed E-state index contributed by atoms with van der Waals surface area (Å²) in [6, 6.07) is 0.700. The highest BCUT2D eigenvalue weighted by atomic mass is 15.3. The third-order valence-electron chi connectivity index (χ3n) is 4.57. The predicted octanol–water partition coefficient (Wildman–Crippen LogP) is 0.410. The average molecular weight is 268 g/mol. The molecular weight excluding hydrogens is 236 g/mol. The normalized spacial score (nSPS) is 36.9. The zero-order valence-corrected chi connectivity index (χ0v) is 13.2. The molecule has 0 spiro atoms. The molecule has 4 heteroatoms. The minimum atomic E-state index is 0.700. The van der Waals surface area contributed by atoms with Crippen molar-refractivity contribution >= 4 is 0 Å². The van der Waals surface area contributed by atoms with Crippen molar-refractivity contribution < 1.29 is 0 Å². The van der Waals surface area contributed by atoms with E-state index in [4.69, 9.17) is 0 Å². The summed E-state index contributed by atoms with van der Waals surface area (Å²) in [4.78, 5) is 7.73. The van der Waals surface area contributed by atoms with Crippen molar-refractivity contribution in [3.05, 3.63) is 0 Å². The number of nitrogens with zero attached hydrogens (tertiary/aromatic N) is 3. The summed E-state index contributed by atoms with van der Waals surface area (Å²) in [5.41, 5.74) is 0. The fourth-order valence-corrected chi connectivity index (χ4v) is 3.41. The first-order valence-electron chi connectivity index (χ1n) is 7.86. The molecule has 0 aromatic heterocycles. The lowest BCUT2D eigenvalue weighted by molar-refractivity contribution is 0.0697. The molecule has 0 aromatic carbocycles. The number of hydrogen-bond acceptors (Lipinski definition) is 4. The number of rotatable bonds is 2. The molecule has 2 rings (SSSR count). The van der Waals surface area contributed by atoms with Crippen LogP contribution < -0.4 is 5.32 Å². The van der Waals surface area contributed by atoms with E-state index in [-0.39, 0.29) is 0 Å². The van der Waals surface area contributed by atoms with Gasteiger partial charge in [-0.3, -0.25) is 4.90 Å². The smallest absolute Gasteiger partial charge is 0.0347 e. The van der Waals surface area contributed by atoms with Gasteiger partial charge in [-0.05, 0) is 39.0 Å². The Labute approximate surface area is 119 Å². The van der Waals surface area contributed by atoms with Crippen molar-refractivity contribution in [1.29, 1.82) is 0 Å². The molecule has 2 aliphatic heterocycles. The van der Waals surface area contributed by atoms with Crippen LogP contribution in [-0.2, 0) is 0 Å². The molecule has 19 heavy (non-hydrogen) atoms. The quantitative estimate of drug-likeness (QED) is 0.783. The number of hydrogen-bond donors (Lipinski definition) is 1. The summed E-state index contributed by atoms with van der Waals surface area (Å²) in [5.74, 6) is 1.53. The molecule has 0 aliphatic carbocycles. The highest BCUT2D eigenvalue weighted by Gasteiger charge is 2.26. The first kappa shape index (κ1) is 15.2. The topological polar surface area (TPSA) is 21.8 Å². The minimum absolute atomic E-state index is 0.700. The lowest BCUT2D eigenvalue weighted by Gasteiger charge is -2.41. The fraction of sp³-hybridized carbons (Fsp3) is 1.00. The molecule has 112 valence electrons. The van der Waals surface area contributed by atoms with Gasteiger partial charge >= 0.3 is 0 Å². The van der Waals surface area contributed by atoms with Gasteiger partial charge in [0.25, 0.3) is 0 Å². The second-order valence-corrected chi connectivity index (χ2v) is 6.98. The van der Waals surface area contributed by atoms with Crippen molar-refractivity contribution in [3.8, 4) is 0 Å². The summed E-state index contributed by atoms with van der Waals surface area (Å²) in [7, 11) is 4.54. The van der Waals surface area contributed by atoms with Crippen LogP contribution in [0.3, 0.4) is 0 Å². The number of nitrogens with one attached hydrogen (secondary N) is 1. The van der Waals surface area contributed by atoms with Crippen LogP contribution in [0.2, 0.25) is 0 Å². The first-order chi connectivity index (χ1) is 9.04. The van der Waals surface area contributed by atoms with E-state index in [1.54, 1.807) is 0 Å². The molecule has 0 saturated carbocycles.